The number of aromatic hydroxyl groups is 2. The molecule has 0 bridgehead atoms. The molecule has 2 N–H and O–H groups in total. The Hall–Kier alpha value is -2.93. The fourth-order valence-electron chi connectivity index (χ4n) is 3.08. The van der Waals surface area contributed by atoms with Crippen molar-refractivity contribution < 1.29 is 14.9 Å². The van der Waals surface area contributed by atoms with Crippen LogP contribution in [0.25, 0.3) is 5.69 Å². The Bertz CT molecular complexity index is 972. The van der Waals surface area contributed by atoms with Crippen LogP contribution in [-0.2, 0) is 6.61 Å². The largest absolute Gasteiger partial charge is 0.504 e. The van der Waals surface area contributed by atoms with Gasteiger partial charge in [-0.2, -0.15) is 0 Å². The Labute approximate surface area is 167 Å². The third-order valence-corrected chi connectivity index (χ3v) is 5.70. The summed E-state index contributed by atoms with van der Waals surface area (Å²) in [5.74, 6) is 0.0872. The summed E-state index contributed by atoms with van der Waals surface area (Å²) >= 11 is 1.74. The first-order valence-corrected chi connectivity index (χ1v) is 10.0. The van der Waals surface area contributed by atoms with Crippen LogP contribution in [0.1, 0.15) is 25.0 Å². The molecule has 0 fully saturated rings. The van der Waals surface area contributed by atoms with E-state index in [2.05, 4.69) is 26.7 Å². The third-order valence-electron chi connectivity index (χ3n) is 4.51. The highest BCUT2D eigenvalue weighted by atomic mass is 32.2. The molecule has 0 aliphatic heterocycles. The topological polar surface area (TPSA) is 80.4 Å². The van der Waals surface area contributed by atoms with Gasteiger partial charge in [0.2, 0.25) is 0 Å². The molecule has 0 spiro atoms. The second kappa shape index (κ2) is 8.39. The van der Waals surface area contributed by atoms with Crippen LogP contribution >= 0.6 is 11.8 Å². The SMILES string of the molecule is Oc1ccc(OCc2cnc(SC3C=CCCC3)n2-c2cccnc2)cc1O. The second-order valence-electron chi connectivity index (χ2n) is 6.53. The molecule has 0 saturated heterocycles. The Kier molecular flexibility index (Phi) is 5.53. The first-order chi connectivity index (χ1) is 13.7. The summed E-state index contributed by atoms with van der Waals surface area (Å²) in [5.41, 5.74) is 1.80. The lowest BCUT2D eigenvalue weighted by molar-refractivity contribution is 0.295. The third kappa shape index (κ3) is 4.14. The summed E-state index contributed by atoms with van der Waals surface area (Å²) in [6.45, 7) is 0.271. The zero-order valence-electron chi connectivity index (χ0n) is 15.2. The van der Waals surface area contributed by atoms with Crippen LogP contribution in [0, 0.1) is 0 Å². The normalized spacial score (nSPS) is 16.2. The van der Waals surface area contributed by atoms with E-state index in [4.69, 9.17) is 4.74 Å². The molecule has 2 heterocycles. The van der Waals surface area contributed by atoms with Crippen LogP contribution in [0.5, 0.6) is 17.2 Å². The number of phenolic OH excluding ortho intramolecular Hbond substituents is 2. The van der Waals surface area contributed by atoms with Gasteiger partial charge in [-0.25, -0.2) is 4.98 Å². The van der Waals surface area contributed by atoms with Gasteiger partial charge in [-0.05, 0) is 43.5 Å². The first kappa shape index (κ1) is 18.4. The van der Waals surface area contributed by atoms with Crippen LogP contribution in [0.15, 0.2) is 66.2 Å². The second-order valence-corrected chi connectivity index (χ2v) is 7.74. The number of imidazole rings is 1. The molecule has 3 aromatic rings. The molecule has 0 saturated carbocycles. The van der Waals surface area contributed by atoms with Crippen LogP contribution < -0.4 is 4.74 Å². The lowest BCUT2D eigenvalue weighted by Crippen LogP contribution is -2.08. The molecule has 0 amide bonds. The zero-order valence-corrected chi connectivity index (χ0v) is 16.0. The summed E-state index contributed by atoms with van der Waals surface area (Å²) in [4.78, 5) is 8.86. The number of benzene rings is 1. The molecule has 2 aromatic heterocycles. The number of hydrogen-bond donors (Lipinski definition) is 2. The van der Waals surface area contributed by atoms with E-state index in [1.54, 1.807) is 30.2 Å². The number of pyridine rings is 1. The van der Waals surface area contributed by atoms with Gasteiger partial charge in [0.25, 0.3) is 0 Å². The smallest absolute Gasteiger partial charge is 0.173 e. The molecule has 6 nitrogen and oxygen atoms in total. The summed E-state index contributed by atoms with van der Waals surface area (Å²) < 4.78 is 7.87. The number of ether oxygens (including phenoxy) is 1. The minimum atomic E-state index is -0.210. The Morgan fingerprint density at radius 2 is 2.11 bits per heavy atom. The molecule has 1 atom stereocenters. The average Bonchev–Trinajstić information content (AvgIpc) is 3.12. The number of thioether (sulfide) groups is 1. The predicted octanol–water partition coefficient (Wildman–Crippen LogP) is 4.46. The van der Waals surface area contributed by atoms with Crippen molar-refractivity contribution in [1.82, 2.24) is 14.5 Å². The Morgan fingerprint density at radius 1 is 1.18 bits per heavy atom. The molecule has 1 aliphatic rings. The predicted molar refractivity (Wildman–Crippen MR) is 108 cm³/mol. The minimum Gasteiger partial charge on any atom is -0.504 e. The molecule has 0 radical (unpaired) electrons. The molecule has 1 aromatic carbocycles. The molecule has 1 unspecified atom stereocenters. The lowest BCUT2D eigenvalue weighted by atomic mass is 10.1. The van der Waals surface area contributed by atoms with Crippen molar-refractivity contribution in [3.05, 3.63) is 66.8 Å². The molecule has 7 heteroatoms. The maximum atomic E-state index is 9.65. The first-order valence-electron chi connectivity index (χ1n) is 9.16. The number of allylic oxidation sites excluding steroid dienone is 1. The fraction of sp³-hybridized carbons (Fsp3) is 0.238. The average molecular weight is 395 g/mol. The van der Waals surface area contributed by atoms with Crippen LogP contribution in [0.4, 0.5) is 0 Å². The highest BCUT2D eigenvalue weighted by molar-refractivity contribution is 7.99. The highest BCUT2D eigenvalue weighted by Gasteiger charge is 2.18. The Balaban J connectivity index is 1.60. The minimum absolute atomic E-state index is 0.174. The van der Waals surface area contributed by atoms with E-state index in [9.17, 15) is 10.2 Å². The van der Waals surface area contributed by atoms with Gasteiger partial charge < -0.3 is 14.9 Å². The maximum Gasteiger partial charge on any atom is 0.173 e. The standard InChI is InChI=1S/C21H21N3O3S/c25-19-9-8-17(11-20(19)26)27-14-16-13-23-21(28-18-6-2-1-3-7-18)24(16)15-5-4-10-22-12-15/h2,4-6,8-13,18,25-26H,1,3,7,14H2. The Morgan fingerprint density at radius 3 is 2.86 bits per heavy atom. The van der Waals surface area contributed by atoms with Crippen molar-refractivity contribution in [1.29, 1.82) is 0 Å². The van der Waals surface area contributed by atoms with E-state index < -0.39 is 0 Å². The van der Waals surface area contributed by atoms with E-state index in [0.717, 1.165) is 29.4 Å². The number of aromatic nitrogens is 3. The monoisotopic (exact) mass is 395 g/mol. The fourth-order valence-corrected chi connectivity index (χ4v) is 4.27. The van der Waals surface area contributed by atoms with Crippen LogP contribution in [0.3, 0.4) is 0 Å². The zero-order chi connectivity index (χ0) is 19.3. The summed E-state index contributed by atoms with van der Waals surface area (Å²) in [5, 5.41) is 20.4. The maximum absolute atomic E-state index is 9.65. The summed E-state index contributed by atoms with van der Waals surface area (Å²) in [6, 6.07) is 8.29. The van der Waals surface area contributed by atoms with Gasteiger partial charge >= 0.3 is 0 Å². The molecule has 144 valence electrons. The number of phenols is 2. The van der Waals surface area contributed by atoms with Gasteiger partial charge in [-0.3, -0.25) is 9.55 Å². The van der Waals surface area contributed by atoms with Crippen LogP contribution in [0.2, 0.25) is 0 Å². The van der Waals surface area contributed by atoms with E-state index in [0.29, 0.717) is 11.0 Å². The van der Waals surface area contributed by atoms with Crippen molar-refractivity contribution in [3.63, 3.8) is 0 Å². The van der Waals surface area contributed by atoms with E-state index in [1.165, 1.54) is 18.6 Å². The molecule has 1 aliphatic carbocycles. The van der Waals surface area contributed by atoms with Crippen LogP contribution in [-0.4, -0.2) is 30.0 Å². The van der Waals surface area contributed by atoms with Gasteiger partial charge in [0.15, 0.2) is 16.7 Å². The van der Waals surface area contributed by atoms with Gasteiger partial charge in [0.05, 0.1) is 23.8 Å². The van der Waals surface area contributed by atoms with E-state index in [-0.39, 0.29) is 18.1 Å². The van der Waals surface area contributed by atoms with Gasteiger partial charge in [0, 0.05) is 17.5 Å². The van der Waals surface area contributed by atoms with Gasteiger partial charge in [-0.15, -0.1) is 0 Å². The molecular weight excluding hydrogens is 374 g/mol. The highest BCUT2D eigenvalue weighted by Crippen LogP contribution is 2.33. The van der Waals surface area contributed by atoms with Crippen molar-refractivity contribution in [2.75, 3.05) is 0 Å². The quantitative estimate of drug-likeness (QED) is 0.474. The number of nitrogens with zero attached hydrogens (tertiary/aromatic N) is 3. The van der Waals surface area contributed by atoms with E-state index >= 15 is 0 Å². The molecule has 4 rings (SSSR count). The van der Waals surface area contributed by atoms with E-state index in [1.807, 2.05) is 18.3 Å². The number of rotatable bonds is 6. The number of hydrogen-bond acceptors (Lipinski definition) is 6. The molecule has 28 heavy (non-hydrogen) atoms. The summed E-state index contributed by atoms with van der Waals surface area (Å²) in [7, 11) is 0. The molecular formula is C21H21N3O3S. The van der Waals surface area contributed by atoms with Crippen molar-refractivity contribution in [3.8, 4) is 22.9 Å². The van der Waals surface area contributed by atoms with Gasteiger partial charge in [0.1, 0.15) is 12.4 Å². The van der Waals surface area contributed by atoms with Crippen molar-refractivity contribution in [2.45, 2.75) is 36.3 Å². The van der Waals surface area contributed by atoms with Crippen molar-refractivity contribution in [2.24, 2.45) is 0 Å². The lowest BCUT2D eigenvalue weighted by Gasteiger charge is -2.17. The summed E-state index contributed by atoms with van der Waals surface area (Å²) in [6.07, 6.45) is 13.3. The van der Waals surface area contributed by atoms with Gasteiger partial charge in [-0.1, -0.05) is 23.9 Å². The van der Waals surface area contributed by atoms with Crippen molar-refractivity contribution >= 4 is 11.8 Å².